The quantitative estimate of drug-likeness (QED) is 0.838. The van der Waals surface area contributed by atoms with Crippen molar-refractivity contribution in [3.63, 3.8) is 0 Å². The lowest BCUT2D eigenvalue weighted by molar-refractivity contribution is 0.0680. The molecule has 0 bridgehead atoms. The highest BCUT2D eigenvalue weighted by molar-refractivity contribution is 6.30. The number of rotatable bonds is 3. The maximum atomic E-state index is 13.0. The van der Waals surface area contributed by atoms with E-state index in [-0.39, 0.29) is 24.4 Å². The lowest BCUT2D eigenvalue weighted by atomic mass is 9.90. The van der Waals surface area contributed by atoms with Gasteiger partial charge in [-0.25, -0.2) is 0 Å². The summed E-state index contributed by atoms with van der Waals surface area (Å²) < 4.78 is 2.09. The van der Waals surface area contributed by atoms with Gasteiger partial charge in [-0.15, -0.1) is 12.4 Å². The number of hydrogen-bond acceptors (Lipinski definition) is 2. The molecule has 1 fully saturated rings. The second-order valence-corrected chi connectivity index (χ2v) is 7.53. The van der Waals surface area contributed by atoms with Gasteiger partial charge < -0.3 is 15.2 Å². The van der Waals surface area contributed by atoms with Crippen LogP contribution in [0.4, 0.5) is 0 Å². The van der Waals surface area contributed by atoms with Crippen LogP contribution in [0, 0.1) is 19.8 Å². The van der Waals surface area contributed by atoms with Crippen molar-refractivity contribution in [1.29, 1.82) is 0 Å². The lowest BCUT2D eigenvalue weighted by Crippen LogP contribution is -2.42. The molecule has 2 aromatic rings. The van der Waals surface area contributed by atoms with Gasteiger partial charge >= 0.3 is 0 Å². The average molecular weight is 396 g/mol. The van der Waals surface area contributed by atoms with Crippen LogP contribution in [-0.4, -0.2) is 34.5 Å². The Labute approximate surface area is 166 Å². The number of nitrogens with two attached hydrogens (primary N) is 1. The summed E-state index contributed by atoms with van der Waals surface area (Å²) in [7, 11) is 0. The van der Waals surface area contributed by atoms with Gasteiger partial charge in [-0.3, -0.25) is 4.79 Å². The first-order chi connectivity index (χ1) is 11.9. The van der Waals surface area contributed by atoms with Crippen LogP contribution in [0.5, 0.6) is 0 Å². The van der Waals surface area contributed by atoms with Crippen molar-refractivity contribution in [1.82, 2.24) is 9.47 Å². The van der Waals surface area contributed by atoms with Crippen LogP contribution < -0.4 is 5.73 Å². The fourth-order valence-corrected chi connectivity index (χ4v) is 3.98. The zero-order valence-electron chi connectivity index (χ0n) is 15.5. The first-order valence-electron chi connectivity index (χ1n) is 8.88. The van der Waals surface area contributed by atoms with Crippen molar-refractivity contribution in [2.24, 2.45) is 11.7 Å². The molecule has 1 unspecified atom stereocenters. The van der Waals surface area contributed by atoms with E-state index in [9.17, 15) is 4.79 Å². The third-order valence-corrected chi connectivity index (χ3v) is 5.53. The molecule has 0 spiro atoms. The molecule has 1 aromatic heterocycles. The van der Waals surface area contributed by atoms with Crippen molar-refractivity contribution >= 4 is 29.9 Å². The number of benzene rings is 1. The van der Waals surface area contributed by atoms with E-state index in [1.54, 1.807) is 0 Å². The highest BCUT2D eigenvalue weighted by Crippen LogP contribution is 2.26. The molecule has 26 heavy (non-hydrogen) atoms. The number of amides is 1. The Kier molecular flexibility index (Phi) is 6.78. The molecule has 2 N–H and O–H groups in total. The minimum absolute atomic E-state index is 0. The number of carbonyl (C=O) groups excluding carboxylic acids is 1. The average Bonchev–Trinajstić information content (AvgIpc) is 2.88. The van der Waals surface area contributed by atoms with E-state index in [0.29, 0.717) is 10.9 Å². The second kappa shape index (κ2) is 8.47. The molecule has 1 amide bonds. The molecule has 2 heterocycles. The molecular weight excluding hydrogens is 369 g/mol. The van der Waals surface area contributed by atoms with Crippen molar-refractivity contribution in [3.8, 4) is 5.69 Å². The number of carbonyl (C=O) groups is 1. The van der Waals surface area contributed by atoms with E-state index in [0.717, 1.165) is 48.6 Å². The summed E-state index contributed by atoms with van der Waals surface area (Å²) in [5, 5.41) is 0.691. The summed E-state index contributed by atoms with van der Waals surface area (Å²) in [4.78, 5) is 15.0. The fourth-order valence-electron chi connectivity index (χ4n) is 3.79. The van der Waals surface area contributed by atoms with Gasteiger partial charge in [-0.1, -0.05) is 17.7 Å². The highest BCUT2D eigenvalue weighted by atomic mass is 35.5. The van der Waals surface area contributed by atoms with Gasteiger partial charge in [-0.2, -0.15) is 0 Å². The molecule has 1 aromatic carbocycles. The molecular formula is C20H27Cl2N3O. The van der Waals surface area contributed by atoms with Crippen LogP contribution in [-0.2, 0) is 0 Å². The normalized spacial score (nSPS) is 16.3. The first-order valence-corrected chi connectivity index (χ1v) is 9.26. The van der Waals surface area contributed by atoms with E-state index < -0.39 is 0 Å². The van der Waals surface area contributed by atoms with E-state index in [1.165, 1.54) is 0 Å². The Morgan fingerprint density at radius 1 is 1.23 bits per heavy atom. The molecule has 1 saturated heterocycles. The smallest absolute Gasteiger partial charge is 0.255 e. The number of aryl methyl sites for hydroxylation is 1. The van der Waals surface area contributed by atoms with Gasteiger partial charge in [0, 0.05) is 41.2 Å². The summed E-state index contributed by atoms with van der Waals surface area (Å²) >= 11 is 6.13. The van der Waals surface area contributed by atoms with Gasteiger partial charge in [0.25, 0.3) is 5.91 Å². The van der Waals surface area contributed by atoms with Gasteiger partial charge in [0.1, 0.15) is 0 Å². The van der Waals surface area contributed by atoms with Gasteiger partial charge in [-0.05, 0) is 63.8 Å². The molecule has 6 heteroatoms. The van der Waals surface area contributed by atoms with Crippen molar-refractivity contribution in [3.05, 3.63) is 52.3 Å². The largest absolute Gasteiger partial charge is 0.339 e. The second-order valence-electron chi connectivity index (χ2n) is 7.09. The van der Waals surface area contributed by atoms with Crippen LogP contribution in [0.3, 0.4) is 0 Å². The lowest BCUT2D eigenvalue weighted by Gasteiger charge is -2.33. The molecule has 142 valence electrons. The van der Waals surface area contributed by atoms with Gasteiger partial charge in [0.15, 0.2) is 0 Å². The topological polar surface area (TPSA) is 51.3 Å². The maximum absolute atomic E-state index is 13.0. The summed E-state index contributed by atoms with van der Waals surface area (Å²) in [6, 6.07) is 9.89. The zero-order chi connectivity index (χ0) is 18.1. The minimum Gasteiger partial charge on any atom is -0.339 e. The molecule has 1 aliphatic heterocycles. The van der Waals surface area contributed by atoms with E-state index in [2.05, 4.69) is 11.5 Å². The van der Waals surface area contributed by atoms with Crippen LogP contribution >= 0.6 is 24.0 Å². The van der Waals surface area contributed by atoms with Crippen LogP contribution in [0.2, 0.25) is 5.02 Å². The molecule has 4 nitrogen and oxygen atoms in total. The Balaban J connectivity index is 0.00000243. The number of piperidine rings is 1. The predicted octanol–water partition coefficient (Wildman–Crippen LogP) is 4.37. The number of nitrogens with zero attached hydrogens (tertiary/aromatic N) is 2. The Morgan fingerprint density at radius 3 is 2.46 bits per heavy atom. The zero-order valence-corrected chi connectivity index (χ0v) is 17.1. The van der Waals surface area contributed by atoms with Crippen LogP contribution in [0.15, 0.2) is 30.3 Å². The van der Waals surface area contributed by atoms with E-state index in [1.807, 2.05) is 49.1 Å². The summed E-state index contributed by atoms with van der Waals surface area (Å²) in [6.45, 7) is 7.64. The first kappa shape index (κ1) is 20.8. The standard InChI is InChI=1S/C20H26ClN3O.ClH/c1-13-11-19(15(3)24(13)18-6-4-5-17(21)12-18)20(25)23-9-7-16(8-10-23)14(2)22;/h4-6,11-12,14,16H,7-10,22H2,1-3H3;1H. The third kappa shape index (κ3) is 4.08. The SMILES string of the molecule is Cc1cc(C(=O)N2CCC(C(C)N)CC2)c(C)n1-c1cccc(Cl)c1.Cl. The van der Waals surface area contributed by atoms with Crippen LogP contribution in [0.1, 0.15) is 41.5 Å². The Bertz CT molecular complexity index is 777. The fraction of sp³-hybridized carbons (Fsp3) is 0.450. The molecule has 1 aliphatic rings. The predicted molar refractivity (Wildman–Crippen MR) is 110 cm³/mol. The number of hydrogen-bond donors (Lipinski definition) is 1. The molecule has 0 aliphatic carbocycles. The molecule has 0 saturated carbocycles. The molecule has 3 rings (SSSR count). The van der Waals surface area contributed by atoms with Gasteiger partial charge in [0.2, 0.25) is 0 Å². The number of aromatic nitrogens is 1. The maximum Gasteiger partial charge on any atom is 0.255 e. The van der Waals surface area contributed by atoms with Crippen molar-refractivity contribution in [2.75, 3.05) is 13.1 Å². The van der Waals surface area contributed by atoms with E-state index in [4.69, 9.17) is 17.3 Å². The highest BCUT2D eigenvalue weighted by Gasteiger charge is 2.27. The Hall–Kier alpha value is -1.49. The Morgan fingerprint density at radius 2 is 1.88 bits per heavy atom. The minimum atomic E-state index is 0. The summed E-state index contributed by atoms with van der Waals surface area (Å²) in [5.41, 5.74) is 9.76. The van der Waals surface area contributed by atoms with E-state index >= 15 is 0 Å². The third-order valence-electron chi connectivity index (χ3n) is 5.30. The van der Waals surface area contributed by atoms with Crippen molar-refractivity contribution in [2.45, 2.75) is 39.7 Å². The summed E-state index contributed by atoms with van der Waals surface area (Å²) in [6.07, 6.45) is 1.97. The van der Waals surface area contributed by atoms with Gasteiger partial charge in [0.05, 0.1) is 5.56 Å². The van der Waals surface area contributed by atoms with Crippen LogP contribution in [0.25, 0.3) is 5.69 Å². The molecule has 0 radical (unpaired) electrons. The summed E-state index contributed by atoms with van der Waals surface area (Å²) in [5.74, 6) is 0.632. The van der Waals surface area contributed by atoms with Crippen molar-refractivity contribution < 1.29 is 4.79 Å². The molecule has 1 atom stereocenters. The number of likely N-dealkylation sites (tertiary alicyclic amines) is 1. The monoisotopic (exact) mass is 395 g/mol. The number of halogens is 2.